The fraction of sp³-hybridized carbons (Fsp3) is 0. The van der Waals surface area contributed by atoms with Gasteiger partial charge in [0.15, 0.2) is 0 Å². The summed E-state index contributed by atoms with van der Waals surface area (Å²) in [4.78, 5) is 0. The molecular weight excluding hydrogens is 266 g/mol. The van der Waals surface area contributed by atoms with E-state index in [2.05, 4.69) is 0 Å². The molecule has 0 bridgehead atoms. The van der Waals surface area contributed by atoms with Crippen molar-refractivity contribution in [1.82, 2.24) is 0 Å². The summed E-state index contributed by atoms with van der Waals surface area (Å²) in [5.41, 5.74) is 0. The van der Waals surface area contributed by atoms with Crippen molar-refractivity contribution in [1.29, 1.82) is 0 Å². The Balaban J connectivity index is -0.00000000133. The van der Waals surface area contributed by atoms with Crippen molar-refractivity contribution in [3.8, 4) is 0 Å². The molecule has 0 spiro atoms. The largest absolute Gasteiger partial charge is 0.0125 e. The van der Waals surface area contributed by atoms with E-state index in [1.54, 1.807) is 0 Å². The van der Waals surface area contributed by atoms with E-state index in [0.717, 1.165) is 0 Å². The van der Waals surface area contributed by atoms with E-state index < -0.39 is 20.8 Å². The minimum absolute atomic E-state index is 0. The van der Waals surface area contributed by atoms with Crippen molar-refractivity contribution < 1.29 is 20.8 Å². The fourth-order valence-electron chi connectivity index (χ4n) is 0. The monoisotopic (exact) mass is 282 g/mol. The van der Waals surface area contributed by atoms with Crippen LogP contribution in [0.1, 0.15) is 0 Å². The molecule has 0 atom stereocenters. The van der Waals surface area contributed by atoms with Crippen molar-refractivity contribution in [2.75, 3.05) is 0 Å². The molecule has 64 valence electrons. The van der Waals surface area contributed by atoms with Gasteiger partial charge in [-0.2, -0.15) is 0 Å². The second-order valence-electron chi connectivity index (χ2n) is 0.0714. The molecule has 0 heterocycles. The molecular formula is C4H18Cl2Si2Zr-4. The van der Waals surface area contributed by atoms with E-state index in [1.165, 1.54) is 0 Å². The molecule has 0 saturated carbocycles. The molecule has 0 aliphatic rings. The molecule has 0 nitrogen and oxygen atoms in total. The number of halogens is 2. The van der Waals surface area contributed by atoms with Gasteiger partial charge in [-0.1, -0.05) is 0 Å². The summed E-state index contributed by atoms with van der Waals surface area (Å²) >= 11 is -0.826. The van der Waals surface area contributed by atoms with Crippen LogP contribution in [0.3, 0.4) is 0 Å². The first kappa shape index (κ1) is 70.3. The van der Waals surface area contributed by atoms with Gasteiger partial charge in [0.25, 0.3) is 0 Å². The van der Waals surface area contributed by atoms with Gasteiger partial charge in [0.1, 0.15) is 0 Å². The average molecular weight is 284 g/mol. The fourth-order valence-corrected chi connectivity index (χ4v) is 0. The van der Waals surface area contributed by atoms with E-state index in [4.69, 9.17) is 17.0 Å². The van der Waals surface area contributed by atoms with Crippen molar-refractivity contribution in [3.05, 3.63) is 29.7 Å². The van der Waals surface area contributed by atoms with Gasteiger partial charge in [0.05, 0.1) is 0 Å². The van der Waals surface area contributed by atoms with Crippen molar-refractivity contribution in [3.63, 3.8) is 0 Å². The van der Waals surface area contributed by atoms with E-state index in [9.17, 15) is 0 Å². The summed E-state index contributed by atoms with van der Waals surface area (Å²) < 4.78 is 0. The first-order valence-electron chi connectivity index (χ1n) is 0.378. The summed E-state index contributed by atoms with van der Waals surface area (Å²) in [6.45, 7) is 0. The maximum absolute atomic E-state index is 4.93. The molecule has 5 heteroatoms. The SMILES string of the molecule is [CH3-].[CH3-].[CH3-].[CH3-].[Cl][Zr][Cl].[SiH3].[SiH3]. The van der Waals surface area contributed by atoms with Gasteiger partial charge in [0, 0.05) is 0 Å². The Labute approximate surface area is 88.8 Å². The molecule has 0 aliphatic heterocycles. The minimum Gasteiger partial charge on any atom is -0.0125 e. The molecule has 0 aromatic rings. The van der Waals surface area contributed by atoms with E-state index in [0.29, 0.717) is 0 Å². The van der Waals surface area contributed by atoms with Gasteiger partial charge in [-0.15, -0.1) is 0 Å². The van der Waals surface area contributed by atoms with Crippen LogP contribution < -0.4 is 0 Å². The third kappa shape index (κ3) is 172. The van der Waals surface area contributed by atoms with Gasteiger partial charge in [0.2, 0.25) is 0 Å². The molecule has 0 unspecified atom stereocenters. The number of hydrogen-bond donors (Lipinski definition) is 0. The third-order valence-electron chi connectivity index (χ3n) is 0. The standard InChI is InChI=1S/4CH3.2ClH.2H3Si.Zr/h4*1H3;2*1H;2*1H3;/q4*-1;;;;;+2/p-2. The molecule has 9 heavy (non-hydrogen) atoms. The van der Waals surface area contributed by atoms with Gasteiger partial charge in [-0.3, -0.25) is 0 Å². The summed E-state index contributed by atoms with van der Waals surface area (Å²) in [5.74, 6) is 0. The zero-order valence-electron chi connectivity index (χ0n) is 7.26. The molecule has 2 radical (unpaired) electrons. The first-order chi connectivity index (χ1) is 1.41. The zero-order chi connectivity index (χ0) is 2.71. The summed E-state index contributed by atoms with van der Waals surface area (Å²) in [6.07, 6.45) is 0. The van der Waals surface area contributed by atoms with E-state index in [1.807, 2.05) is 0 Å². The van der Waals surface area contributed by atoms with Crippen LogP contribution in [0.4, 0.5) is 0 Å². The maximum atomic E-state index is 4.93. The maximum Gasteiger partial charge on any atom is -0.0125 e. The Bertz CT molecular complexity index is 16.5. The summed E-state index contributed by atoms with van der Waals surface area (Å²) in [7, 11) is 9.87. The van der Waals surface area contributed by atoms with Crippen molar-refractivity contribution in [2.45, 2.75) is 0 Å². The van der Waals surface area contributed by atoms with Gasteiger partial charge >= 0.3 is 37.9 Å². The van der Waals surface area contributed by atoms with Crippen molar-refractivity contribution >= 4 is 39.0 Å². The van der Waals surface area contributed by atoms with Crippen LogP contribution >= 0.6 is 17.0 Å². The Morgan fingerprint density at radius 1 is 0.667 bits per heavy atom. The third-order valence-corrected chi connectivity index (χ3v) is 0. The topological polar surface area (TPSA) is 0 Å². The predicted molar refractivity (Wildman–Crippen MR) is 57.2 cm³/mol. The second kappa shape index (κ2) is 93.3. The first-order valence-corrected chi connectivity index (χ1v) is 6.71. The van der Waals surface area contributed by atoms with Crippen LogP contribution in [-0.2, 0) is 20.8 Å². The van der Waals surface area contributed by atoms with Crippen LogP contribution in [0, 0.1) is 29.7 Å². The number of rotatable bonds is 0. The minimum atomic E-state index is -0.826. The Hall–Kier alpha value is 1.90. The Morgan fingerprint density at radius 2 is 0.667 bits per heavy atom. The van der Waals surface area contributed by atoms with Crippen LogP contribution in [0.15, 0.2) is 0 Å². The normalized spacial score (nSPS) is 1.56. The van der Waals surface area contributed by atoms with E-state index >= 15 is 0 Å². The zero-order valence-corrected chi connectivity index (χ0v) is 15.2. The molecule has 0 rings (SSSR count). The summed E-state index contributed by atoms with van der Waals surface area (Å²) in [5, 5.41) is 0. The second-order valence-corrected chi connectivity index (χ2v) is 3.80. The van der Waals surface area contributed by atoms with Gasteiger partial charge < -0.3 is 29.7 Å². The van der Waals surface area contributed by atoms with Crippen LogP contribution in [0.25, 0.3) is 0 Å². The van der Waals surface area contributed by atoms with Crippen LogP contribution in [0.2, 0.25) is 0 Å². The van der Waals surface area contributed by atoms with E-state index in [-0.39, 0.29) is 51.6 Å². The predicted octanol–water partition coefficient (Wildman–Crippen LogP) is 0.810. The van der Waals surface area contributed by atoms with Crippen LogP contribution in [0.5, 0.6) is 0 Å². The molecule has 0 amide bonds. The molecule has 0 fully saturated rings. The smallest absolute Gasteiger partial charge is 0.0125 e. The molecule has 0 aromatic heterocycles. The molecule has 0 N–H and O–H groups in total. The number of hydrogen-bond acceptors (Lipinski definition) is 0. The van der Waals surface area contributed by atoms with Gasteiger partial charge in [-0.05, 0) is 21.9 Å². The average Bonchev–Trinajstić information content (AvgIpc) is 0.918. The van der Waals surface area contributed by atoms with Gasteiger partial charge in [-0.25, -0.2) is 0 Å². The molecule has 0 saturated heterocycles. The quantitative estimate of drug-likeness (QED) is 0.456. The van der Waals surface area contributed by atoms with Crippen LogP contribution in [-0.4, -0.2) is 21.9 Å². The van der Waals surface area contributed by atoms with Crippen molar-refractivity contribution in [2.24, 2.45) is 0 Å². The Morgan fingerprint density at radius 3 is 0.667 bits per heavy atom. The molecule has 0 aromatic carbocycles. The Kier molecular flexibility index (Phi) is 729. The summed E-state index contributed by atoms with van der Waals surface area (Å²) in [6, 6.07) is 0. The molecule has 0 aliphatic carbocycles.